The number of hydrogen-bond acceptors (Lipinski definition) is 3. The number of aryl methyl sites for hydroxylation is 1. The van der Waals surface area contributed by atoms with Gasteiger partial charge < -0.3 is 19.6 Å². The van der Waals surface area contributed by atoms with Crippen molar-refractivity contribution in [3.63, 3.8) is 0 Å². The maximum absolute atomic E-state index is 11.6. The second kappa shape index (κ2) is 6.10. The van der Waals surface area contributed by atoms with Crippen LogP contribution in [0.4, 0.5) is 0 Å². The van der Waals surface area contributed by atoms with E-state index in [4.69, 9.17) is 4.42 Å². The van der Waals surface area contributed by atoms with Gasteiger partial charge in [-0.3, -0.25) is 9.59 Å². The molecule has 0 aromatic carbocycles. The molecule has 2 N–H and O–H groups in total. The van der Waals surface area contributed by atoms with Crippen molar-refractivity contribution >= 4 is 11.8 Å². The van der Waals surface area contributed by atoms with E-state index < -0.39 is 5.91 Å². The summed E-state index contributed by atoms with van der Waals surface area (Å²) in [5.41, 5.74) is 2.13. The maximum atomic E-state index is 11.6. The first-order valence-corrected chi connectivity index (χ1v) is 6.27. The summed E-state index contributed by atoms with van der Waals surface area (Å²) in [5, 5.41) is 5.24. The van der Waals surface area contributed by atoms with Crippen molar-refractivity contribution in [1.82, 2.24) is 15.2 Å². The highest BCUT2D eigenvalue weighted by atomic mass is 16.3. The molecule has 20 heavy (non-hydrogen) atoms. The SMILES string of the molecule is Cc1ccc(CNC(=O)CNC(=O)c2ccco2)n1C. The summed E-state index contributed by atoms with van der Waals surface area (Å²) in [7, 11) is 1.94. The van der Waals surface area contributed by atoms with Crippen LogP contribution >= 0.6 is 0 Å². The van der Waals surface area contributed by atoms with E-state index >= 15 is 0 Å². The fourth-order valence-electron chi connectivity index (χ4n) is 1.75. The molecule has 2 amide bonds. The zero-order chi connectivity index (χ0) is 14.5. The van der Waals surface area contributed by atoms with Crippen molar-refractivity contribution in [2.45, 2.75) is 13.5 Å². The first-order chi connectivity index (χ1) is 9.58. The number of furan rings is 1. The van der Waals surface area contributed by atoms with E-state index in [9.17, 15) is 9.59 Å². The van der Waals surface area contributed by atoms with Crippen molar-refractivity contribution < 1.29 is 14.0 Å². The van der Waals surface area contributed by atoms with Gasteiger partial charge in [-0.1, -0.05) is 0 Å². The molecule has 0 saturated heterocycles. The topological polar surface area (TPSA) is 76.3 Å². The van der Waals surface area contributed by atoms with Gasteiger partial charge in [0.15, 0.2) is 5.76 Å². The van der Waals surface area contributed by atoms with E-state index in [1.54, 1.807) is 12.1 Å². The predicted octanol–water partition coefficient (Wildman–Crippen LogP) is 0.973. The quantitative estimate of drug-likeness (QED) is 0.853. The van der Waals surface area contributed by atoms with Gasteiger partial charge in [-0.2, -0.15) is 0 Å². The molecule has 0 unspecified atom stereocenters. The van der Waals surface area contributed by atoms with Gasteiger partial charge in [0, 0.05) is 18.4 Å². The molecule has 0 bridgehead atoms. The molecule has 2 heterocycles. The zero-order valence-corrected chi connectivity index (χ0v) is 11.5. The van der Waals surface area contributed by atoms with Gasteiger partial charge in [0.25, 0.3) is 5.91 Å². The molecule has 106 valence electrons. The Morgan fingerprint density at radius 1 is 1.25 bits per heavy atom. The number of amides is 2. The molecule has 2 aromatic rings. The molecule has 0 saturated carbocycles. The lowest BCUT2D eigenvalue weighted by Gasteiger charge is -2.08. The fraction of sp³-hybridized carbons (Fsp3) is 0.286. The lowest BCUT2D eigenvalue weighted by molar-refractivity contribution is -0.120. The largest absolute Gasteiger partial charge is 0.459 e. The molecule has 6 nitrogen and oxygen atoms in total. The summed E-state index contributed by atoms with van der Waals surface area (Å²) < 4.78 is 6.93. The highest BCUT2D eigenvalue weighted by Gasteiger charge is 2.10. The lowest BCUT2D eigenvalue weighted by atomic mass is 10.4. The van der Waals surface area contributed by atoms with Crippen LogP contribution in [-0.4, -0.2) is 22.9 Å². The highest BCUT2D eigenvalue weighted by Crippen LogP contribution is 2.04. The molecule has 0 aliphatic carbocycles. The normalized spacial score (nSPS) is 10.3. The molecule has 0 radical (unpaired) electrons. The number of aromatic nitrogens is 1. The number of nitrogens with zero attached hydrogens (tertiary/aromatic N) is 1. The molecule has 6 heteroatoms. The van der Waals surface area contributed by atoms with Crippen LogP contribution in [0.15, 0.2) is 34.9 Å². The Labute approximate surface area is 116 Å². The Bertz CT molecular complexity index is 599. The standard InChI is InChI=1S/C14H17N3O3/c1-10-5-6-11(17(10)2)8-15-13(18)9-16-14(19)12-4-3-7-20-12/h3-7H,8-9H2,1-2H3,(H,15,18)(H,16,19). The number of hydrogen-bond donors (Lipinski definition) is 2. The number of nitrogens with one attached hydrogen (secondary N) is 2. The lowest BCUT2D eigenvalue weighted by Crippen LogP contribution is -2.36. The van der Waals surface area contributed by atoms with Crippen LogP contribution in [-0.2, 0) is 18.4 Å². The second-order valence-corrected chi connectivity index (χ2v) is 4.46. The van der Waals surface area contributed by atoms with Crippen LogP contribution in [0.5, 0.6) is 0 Å². The van der Waals surface area contributed by atoms with Crippen LogP contribution in [0.25, 0.3) is 0 Å². The Balaban J connectivity index is 1.76. The second-order valence-electron chi connectivity index (χ2n) is 4.46. The fourth-order valence-corrected chi connectivity index (χ4v) is 1.75. The Kier molecular flexibility index (Phi) is 4.24. The van der Waals surface area contributed by atoms with Crippen molar-refractivity contribution in [1.29, 1.82) is 0 Å². The summed E-state index contributed by atoms with van der Waals surface area (Å²) in [6.45, 7) is 2.34. The minimum atomic E-state index is -0.403. The van der Waals surface area contributed by atoms with E-state index in [0.29, 0.717) is 6.54 Å². The van der Waals surface area contributed by atoms with Crippen molar-refractivity contribution in [3.05, 3.63) is 47.7 Å². The van der Waals surface area contributed by atoms with Crippen LogP contribution in [0.3, 0.4) is 0 Å². The van der Waals surface area contributed by atoms with E-state index in [2.05, 4.69) is 10.6 Å². The smallest absolute Gasteiger partial charge is 0.287 e. The van der Waals surface area contributed by atoms with Crippen LogP contribution in [0, 0.1) is 6.92 Å². The van der Waals surface area contributed by atoms with Gasteiger partial charge in [0.2, 0.25) is 5.91 Å². The van der Waals surface area contributed by atoms with Gasteiger partial charge in [0.05, 0.1) is 19.4 Å². The minimum absolute atomic E-state index is 0.0804. The maximum Gasteiger partial charge on any atom is 0.287 e. The third-order valence-corrected chi connectivity index (χ3v) is 3.10. The van der Waals surface area contributed by atoms with Gasteiger partial charge in [-0.15, -0.1) is 0 Å². The first kappa shape index (κ1) is 13.9. The molecule has 0 aliphatic heterocycles. The highest BCUT2D eigenvalue weighted by molar-refractivity contribution is 5.94. The summed E-state index contributed by atoms with van der Waals surface area (Å²) >= 11 is 0. The molecule has 0 aliphatic rings. The zero-order valence-electron chi connectivity index (χ0n) is 11.5. The van der Waals surface area contributed by atoms with Crippen LogP contribution < -0.4 is 10.6 Å². The molecule has 0 atom stereocenters. The van der Waals surface area contributed by atoms with Gasteiger partial charge in [-0.05, 0) is 31.2 Å². The summed E-state index contributed by atoms with van der Waals surface area (Å²) in [4.78, 5) is 23.2. The third kappa shape index (κ3) is 3.28. The van der Waals surface area contributed by atoms with Crippen molar-refractivity contribution in [2.75, 3.05) is 6.54 Å². The van der Waals surface area contributed by atoms with Crippen molar-refractivity contribution in [3.8, 4) is 0 Å². The number of carbonyl (C=O) groups excluding carboxylic acids is 2. The Hall–Kier alpha value is -2.50. The first-order valence-electron chi connectivity index (χ1n) is 6.27. The monoisotopic (exact) mass is 275 g/mol. The molecule has 2 rings (SSSR count). The van der Waals surface area contributed by atoms with Crippen molar-refractivity contribution in [2.24, 2.45) is 7.05 Å². The third-order valence-electron chi connectivity index (χ3n) is 3.10. The molecule has 0 fully saturated rings. The number of rotatable bonds is 5. The molecular weight excluding hydrogens is 258 g/mol. The van der Waals surface area contributed by atoms with E-state index in [-0.39, 0.29) is 18.2 Å². The molecule has 2 aromatic heterocycles. The summed E-state index contributed by atoms with van der Waals surface area (Å²) in [6, 6.07) is 7.10. The van der Waals surface area contributed by atoms with Gasteiger partial charge in [-0.25, -0.2) is 0 Å². The Morgan fingerprint density at radius 2 is 2.05 bits per heavy atom. The summed E-state index contributed by atoms with van der Waals surface area (Å²) in [5.74, 6) is -0.459. The predicted molar refractivity (Wildman–Crippen MR) is 73.0 cm³/mol. The molecular formula is C14H17N3O3. The van der Waals surface area contributed by atoms with E-state index in [1.165, 1.54) is 6.26 Å². The number of carbonyl (C=O) groups is 2. The average Bonchev–Trinajstić information content (AvgIpc) is 3.06. The molecule has 0 spiro atoms. The van der Waals surface area contributed by atoms with E-state index in [1.807, 2.05) is 30.7 Å². The Morgan fingerprint density at radius 3 is 2.65 bits per heavy atom. The van der Waals surface area contributed by atoms with Crippen LogP contribution in [0.1, 0.15) is 21.9 Å². The minimum Gasteiger partial charge on any atom is -0.459 e. The average molecular weight is 275 g/mol. The summed E-state index contributed by atoms with van der Waals surface area (Å²) in [6.07, 6.45) is 1.41. The van der Waals surface area contributed by atoms with Crippen LogP contribution in [0.2, 0.25) is 0 Å². The van der Waals surface area contributed by atoms with Gasteiger partial charge in [0.1, 0.15) is 0 Å². The van der Waals surface area contributed by atoms with E-state index in [0.717, 1.165) is 11.4 Å². The van der Waals surface area contributed by atoms with Gasteiger partial charge >= 0.3 is 0 Å².